The summed E-state index contributed by atoms with van der Waals surface area (Å²) in [5.41, 5.74) is 6.87. The zero-order valence-electron chi connectivity index (χ0n) is 9.57. The van der Waals surface area contributed by atoms with Crippen molar-refractivity contribution in [3.05, 3.63) is 30.2 Å². The first kappa shape index (κ1) is 11.3. The van der Waals surface area contributed by atoms with Crippen LogP contribution in [0.15, 0.2) is 24.4 Å². The van der Waals surface area contributed by atoms with Gasteiger partial charge in [-0.05, 0) is 12.1 Å². The van der Waals surface area contributed by atoms with Gasteiger partial charge in [-0.2, -0.15) is 5.10 Å². The molecule has 90 valence electrons. The number of aryl methyl sites for hydroxylation is 1. The normalized spacial score (nSPS) is 10.3. The van der Waals surface area contributed by atoms with E-state index in [1.54, 1.807) is 24.0 Å². The van der Waals surface area contributed by atoms with Gasteiger partial charge in [0.2, 0.25) is 0 Å². The number of halogens is 1. The van der Waals surface area contributed by atoms with Crippen molar-refractivity contribution in [2.75, 3.05) is 18.2 Å². The SMILES string of the molecule is COc1cc(F)ccc1Nc1nn(C)cc1N. The van der Waals surface area contributed by atoms with Crippen molar-refractivity contribution in [2.24, 2.45) is 7.05 Å². The Morgan fingerprint density at radius 1 is 1.47 bits per heavy atom. The Kier molecular flexibility index (Phi) is 2.86. The third-order valence-electron chi connectivity index (χ3n) is 2.27. The number of nitrogens with one attached hydrogen (secondary N) is 1. The zero-order chi connectivity index (χ0) is 12.4. The summed E-state index contributed by atoms with van der Waals surface area (Å²) in [6.07, 6.45) is 1.68. The van der Waals surface area contributed by atoms with Gasteiger partial charge >= 0.3 is 0 Å². The van der Waals surface area contributed by atoms with Gasteiger partial charge < -0.3 is 15.8 Å². The number of methoxy groups -OCH3 is 1. The van der Waals surface area contributed by atoms with Gasteiger partial charge in [-0.25, -0.2) is 4.39 Å². The van der Waals surface area contributed by atoms with Crippen molar-refractivity contribution in [2.45, 2.75) is 0 Å². The molecule has 0 aliphatic rings. The lowest BCUT2D eigenvalue weighted by molar-refractivity contribution is 0.413. The lowest BCUT2D eigenvalue weighted by Crippen LogP contribution is -1.98. The third kappa shape index (κ3) is 2.30. The van der Waals surface area contributed by atoms with Crippen LogP contribution in [-0.4, -0.2) is 16.9 Å². The molecule has 0 spiro atoms. The van der Waals surface area contributed by atoms with E-state index >= 15 is 0 Å². The Morgan fingerprint density at radius 3 is 2.82 bits per heavy atom. The number of ether oxygens (including phenoxy) is 1. The fraction of sp³-hybridized carbons (Fsp3) is 0.182. The standard InChI is InChI=1S/C11H13FN4O/c1-16-6-8(13)11(15-16)14-9-4-3-7(12)5-10(9)17-2/h3-6H,13H2,1-2H3,(H,14,15). The molecule has 0 saturated carbocycles. The van der Waals surface area contributed by atoms with E-state index in [4.69, 9.17) is 10.5 Å². The highest BCUT2D eigenvalue weighted by molar-refractivity contribution is 5.71. The molecule has 0 atom stereocenters. The molecule has 17 heavy (non-hydrogen) atoms. The van der Waals surface area contributed by atoms with E-state index in [0.29, 0.717) is 22.9 Å². The van der Waals surface area contributed by atoms with Crippen molar-refractivity contribution < 1.29 is 9.13 Å². The first-order chi connectivity index (χ1) is 8.10. The minimum atomic E-state index is -0.360. The molecule has 1 heterocycles. The van der Waals surface area contributed by atoms with Crippen LogP contribution < -0.4 is 15.8 Å². The van der Waals surface area contributed by atoms with Gasteiger partial charge in [0.1, 0.15) is 11.6 Å². The molecule has 2 aromatic rings. The van der Waals surface area contributed by atoms with Crippen LogP contribution in [0.25, 0.3) is 0 Å². The van der Waals surface area contributed by atoms with Crippen molar-refractivity contribution in [3.63, 3.8) is 0 Å². The topological polar surface area (TPSA) is 65.1 Å². The van der Waals surface area contributed by atoms with Gasteiger partial charge in [-0.15, -0.1) is 0 Å². The lowest BCUT2D eigenvalue weighted by atomic mass is 10.3. The minimum absolute atomic E-state index is 0.360. The van der Waals surface area contributed by atoms with Gasteiger partial charge in [0.25, 0.3) is 0 Å². The largest absolute Gasteiger partial charge is 0.494 e. The lowest BCUT2D eigenvalue weighted by Gasteiger charge is -2.09. The minimum Gasteiger partial charge on any atom is -0.494 e. The molecule has 1 aromatic carbocycles. The number of rotatable bonds is 3. The molecule has 0 radical (unpaired) electrons. The molecule has 6 heteroatoms. The molecular weight excluding hydrogens is 223 g/mol. The molecule has 5 nitrogen and oxygen atoms in total. The summed E-state index contributed by atoms with van der Waals surface area (Å²) in [7, 11) is 3.24. The Morgan fingerprint density at radius 2 is 2.24 bits per heavy atom. The first-order valence-corrected chi connectivity index (χ1v) is 5.00. The summed E-state index contributed by atoms with van der Waals surface area (Å²) in [4.78, 5) is 0. The van der Waals surface area contributed by atoms with Crippen LogP contribution in [0.2, 0.25) is 0 Å². The van der Waals surface area contributed by atoms with Crippen LogP contribution in [0.4, 0.5) is 21.6 Å². The number of benzene rings is 1. The number of nitrogen functional groups attached to an aromatic ring is 1. The summed E-state index contributed by atoms with van der Waals surface area (Å²) in [6.45, 7) is 0. The molecule has 3 N–H and O–H groups in total. The quantitative estimate of drug-likeness (QED) is 0.854. The highest BCUT2D eigenvalue weighted by atomic mass is 19.1. The van der Waals surface area contributed by atoms with E-state index in [1.165, 1.54) is 19.2 Å². The highest BCUT2D eigenvalue weighted by Gasteiger charge is 2.09. The Labute approximate surface area is 98.0 Å². The molecule has 0 fully saturated rings. The van der Waals surface area contributed by atoms with Gasteiger partial charge in [0, 0.05) is 19.3 Å². The van der Waals surface area contributed by atoms with E-state index < -0.39 is 0 Å². The second-order valence-corrected chi connectivity index (χ2v) is 3.58. The second kappa shape index (κ2) is 4.32. The third-order valence-corrected chi connectivity index (χ3v) is 2.27. The molecule has 0 unspecified atom stereocenters. The number of anilines is 3. The van der Waals surface area contributed by atoms with Gasteiger partial charge in [-0.3, -0.25) is 4.68 Å². The fourth-order valence-electron chi connectivity index (χ4n) is 1.50. The molecule has 0 bridgehead atoms. The Balaban J connectivity index is 2.32. The average Bonchev–Trinajstić information content (AvgIpc) is 2.60. The monoisotopic (exact) mass is 236 g/mol. The fourth-order valence-corrected chi connectivity index (χ4v) is 1.50. The summed E-state index contributed by atoms with van der Waals surface area (Å²) in [6, 6.07) is 4.20. The van der Waals surface area contributed by atoms with Crippen LogP contribution in [-0.2, 0) is 7.05 Å². The predicted octanol–water partition coefficient (Wildman–Crippen LogP) is 1.89. The van der Waals surface area contributed by atoms with E-state index in [-0.39, 0.29) is 5.82 Å². The van der Waals surface area contributed by atoms with Gasteiger partial charge in [-0.1, -0.05) is 0 Å². The number of hydrogen-bond acceptors (Lipinski definition) is 4. The molecular formula is C11H13FN4O. The van der Waals surface area contributed by atoms with Crippen molar-refractivity contribution in [3.8, 4) is 5.75 Å². The maximum Gasteiger partial charge on any atom is 0.175 e. The van der Waals surface area contributed by atoms with Crippen molar-refractivity contribution in [1.82, 2.24) is 9.78 Å². The zero-order valence-corrected chi connectivity index (χ0v) is 9.57. The average molecular weight is 236 g/mol. The summed E-state index contributed by atoms with van der Waals surface area (Å²) >= 11 is 0. The number of nitrogens with zero attached hydrogens (tertiary/aromatic N) is 2. The van der Waals surface area contributed by atoms with E-state index in [0.717, 1.165) is 0 Å². The maximum absolute atomic E-state index is 13.0. The van der Waals surface area contributed by atoms with Crippen molar-refractivity contribution in [1.29, 1.82) is 0 Å². The Hall–Kier alpha value is -2.24. The second-order valence-electron chi connectivity index (χ2n) is 3.58. The summed E-state index contributed by atoms with van der Waals surface area (Å²) < 4.78 is 19.7. The molecule has 0 aliphatic heterocycles. The van der Waals surface area contributed by atoms with Crippen LogP contribution in [0.3, 0.4) is 0 Å². The molecule has 0 aliphatic carbocycles. The van der Waals surface area contributed by atoms with E-state index in [9.17, 15) is 4.39 Å². The predicted molar refractivity (Wildman–Crippen MR) is 63.9 cm³/mol. The van der Waals surface area contributed by atoms with Crippen molar-refractivity contribution >= 4 is 17.2 Å². The van der Waals surface area contributed by atoms with Gasteiger partial charge in [0.05, 0.1) is 18.5 Å². The molecule has 2 rings (SSSR count). The highest BCUT2D eigenvalue weighted by Crippen LogP contribution is 2.29. The molecule has 1 aromatic heterocycles. The van der Waals surface area contributed by atoms with E-state index in [1.807, 2.05) is 0 Å². The van der Waals surface area contributed by atoms with Crippen LogP contribution in [0, 0.1) is 5.82 Å². The molecule has 0 amide bonds. The Bertz CT molecular complexity index is 538. The summed E-state index contributed by atoms with van der Waals surface area (Å²) in [5.74, 6) is 0.550. The summed E-state index contributed by atoms with van der Waals surface area (Å²) in [5, 5.41) is 7.13. The first-order valence-electron chi connectivity index (χ1n) is 5.00. The van der Waals surface area contributed by atoms with Crippen LogP contribution in [0.5, 0.6) is 5.75 Å². The van der Waals surface area contributed by atoms with Crippen LogP contribution in [0.1, 0.15) is 0 Å². The molecule has 0 saturated heterocycles. The van der Waals surface area contributed by atoms with Gasteiger partial charge in [0.15, 0.2) is 5.82 Å². The van der Waals surface area contributed by atoms with E-state index in [2.05, 4.69) is 10.4 Å². The number of hydrogen-bond donors (Lipinski definition) is 2. The smallest absolute Gasteiger partial charge is 0.175 e. The number of nitrogens with two attached hydrogens (primary N) is 1. The maximum atomic E-state index is 13.0. The van der Waals surface area contributed by atoms with Crippen LogP contribution >= 0.6 is 0 Å². The number of aromatic nitrogens is 2.